The van der Waals surface area contributed by atoms with Gasteiger partial charge in [-0.05, 0) is 31.0 Å². The highest BCUT2D eigenvalue weighted by Gasteiger charge is 2.23. The molecule has 1 aliphatic rings. The zero-order valence-corrected chi connectivity index (χ0v) is 10.7. The number of amides is 3. The van der Waals surface area contributed by atoms with Crippen molar-refractivity contribution in [3.8, 4) is 0 Å². The molecule has 0 unspecified atom stereocenters. The summed E-state index contributed by atoms with van der Waals surface area (Å²) in [6, 6.07) is 2.61. The van der Waals surface area contributed by atoms with Crippen molar-refractivity contribution >= 4 is 23.7 Å². The molecule has 0 atom stereocenters. The van der Waals surface area contributed by atoms with E-state index in [1.807, 2.05) is 0 Å². The van der Waals surface area contributed by atoms with E-state index < -0.39 is 23.6 Å². The van der Waals surface area contributed by atoms with Gasteiger partial charge in [0, 0.05) is 10.9 Å². The monoisotopic (exact) mass is 286 g/mol. The van der Waals surface area contributed by atoms with Crippen LogP contribution < -0.4 is 10.6 Å². The average molecular weight is 286 g/mol. The Morgan fingerprint density at radius 1 is 1.32 bits per heavy atom. The molecular formula is C12H12F2N2O2S. The molecule has 0 bridgehead atoms. The normalized spacial score (nSPS) is 14.0. The van der Waals surface area contributed by atoms with Crippen LogP contribution in [0.2, 0.25) is 0 Å². The van der Waals surface area contributed by atoms with Gasteiger partial charge < -0.3 is 5.32 Å². The molecule has 1 aromatic rings. The summed E-state index contributed by atoms with van der Waals surface area (Å²) in [6.07, 6.45) is 1.84. The van der Waals surface area contributed by atoms with Crippen LogP contribution in [-0.2, 0) is 4.79 Å². The Morgan fingerprint density at radius 2 is 2.05 bits per heavy atom. The van der Waals surface area contributed by atoms with Crippen molar-refractivity contribution in [2.75, 3.05) is 5.75 Å². The maximum Gasteiger partial charge on any atom is 0.321 e. The Bertz CT molecular complexity index is 507. The lowest BCUT2D eigenvalue weighted by Gasteiger charge is -2.06. The number of benzene rings is 1. The van der Waals surface area contributed by atoms with Gasteiger partial charge in [-0.15, -0.1) is 11.8 Å². The van der Waals surface area contributed by atoms with Crippen LogP contribution in [0.1, 0.15) is 12.8 Å². The highest BCUT2D eigenvalue weighted by molar-refractivity contribution is 8.00. The predicted octanol–water partition coefficient (Wildman–Crippen LogP) is 2.05. The molecule has 3 amide bonds. The average Bonchev–Trinajstić information content (AvgIpc) is 3.14. The molecule has 102 valence electrons. The zero-order valence-electron chi connectivity index (χ0n) is 9.91. The van der Waals surface area contributed by atoms with Gasteiger partial charge in [0.25, 0.3) is 0 Å². The minimum absolute atomic E-state index is 0.0396. The standard InChI is InChI=1S/C12H12F2N2O2S/c13-7-1-4-9(14)10(5-7)19-6-11(17)16-12(18)15-8-2-3-8/h1,4-5,8H,2-3,6H2,(H2,15,16,17,18). The van der Waals surface area contributed by atoms with Crippen molar-refractivity contribution in [3.63, 3.8) is 0 Å². The lowest BCUT2D eigenvalue weighted by Crippen LogP contribution is -2.41. The number of rotatable bonds is 4. The molecule has 0 saturated heterocycles. The van der Waals surface area contributed by atoms with Crippen molar-refractivity contribution in [3.05, 3.63) is 29.8 Å². The predicted molar refractivity (Wildman–Crippen MR) is 66.8 cm³/mol. The van der Waals surface area contributed by atoms with E-state index in [1.165, 1.54) is 0 Å². The molecule has 0 radical (unpaired) electrons. The lowest BCUT2D eigenvalue weighted by molar-refractivity contribution is -0.117. The number of hydrogen-bond acceptors (Lipinski definition) is 3. The van der Waals surface area contributed by atoms with Gasteiger partial charge in [0.2, 0.25) is 5.91 Å². The number of hydrogen-bond donors (Lipinski definition) is 2. The summed E-state index contributed by atoms with van der Waals surface area (Å²) in [4.78, 5) is 22.7. The van der Waals surface area contributed by atoms with Crippen LogP contribution in [0.25, 0.3) is 0 Å². The first-order valence-electron chi connectivity index (χ1n) is 5.73. The number of carbonyl (C=O) groups excluding carboxylic acids is 2. The molecule has 2 rings (SSSR count). The lowest BCUT2D eigenvalue weighted by atomic mass is 10.3. The molecule has 7 heteroatoms. The van der Waals surface area contributed by atoms with Crippen LogP contribution in [0.15, 0.2) is 23.1 Å². The fourth-order valence-electron chi connectivity index (χ4n) is 1.34. The molecule has 0 aliphatic heterocycles. The molecule has 1 aliphatic carbocycles. The third-order valence-electron chi connectivity index (χ3n) is 2.42. The maximum atomic E-state index is 13.3. The van der Waals surface area contributed by atoms with Crippen molar-refractivity contribution in [2.45, 2.75) is 23.8 Å². The molecule has 0 heterocycles. The molecule has 1 aromatic carbocycles. The van der Waals surface area contributed by atoms with E-state index in [0.717, 1.165) is 42.8 Å². The number of carbonyl (C=O) groups is 2. The third kappa shape index (κ3) is 4.51. The summed E-state index contributed by atoms with van der Waals surface area (Å²) in [7, 11) is 0. The smallest absolute Gasteiger partial charge is 0.321 e. The second kappa shape index (κ2) is 6.01. The van der Waals surface area contributed by atoms with E-state index in [4.69, 9.17) is 0 Å². The Hall–Kier alpha value is -1.63. The van der Waals surface area contributed by atoms with E-state index in [-0.39, 0.29) is 16.7 Å². The van der Waals surface area contributed by atoms with Gasteiger partial charge in [0.15, 0.2) is 0 Å². The van der Waals surface area contributed by atoms with E-state index in [0.29, 0.717) is 0 Å². The van der Waals surface area contributed by atoms with Crippen molar-refractivity contribution < 1.29 is 18.4 Å². The summed E-state index contributed by atoms with van der Waals surface area (Å²) in [5.74, 6) is -1.87. The second-order valence-corrected chi connectivity index (χ2v) is 5.18. The van der Waals surface area contributed by atoms with Crippen LogP contribution in [-0.4, -0.2) is 23.7 Å². The molecular weight excluding hydrogens is 274 g/mol. The van der Waals surface area contributed by atoms with Gasteiger partial charge in [0.05, 0.1) is 5.75 Å². The number of urea groups is 1. The number of nitrogens with one attached hydrogen (secondary N) is 2. The highest BCUT2D eigenvalue weighted by atomic mass is 32.2. The Kier molecular flexibility index (Phi) is 4.36. The highest BCUT2D eigenvalue weighted by Crippen LogP contribution is 2.22. The Balaban J connectivity index is 1.78. The van der Waals surface area contributed by atoms with Gasteiger partial charge >= 0.3 is 6.03 Å². The Morgan fingerprint density at radius 3 is 2.74 bits per heavy atom. The van der Waals surface area contributed by atoms with E-state index in [1.54, 1.807) is 0 Å². The number of halogens is 2. The summed E-state index contributed by atoms with van der Waals surface area (Å²) in [6.45, 7) is 0. The van der Waals surface area contributed by atoms with Gasteiger partial charge in [-0.3, -0.25) is 10.1 Å². The van der Waals surface area contributed by atoms with Gasteiger partial charge in [0.1, 0.15) is 11.6 Å². The number of thioether (sulfide) groups is 1. The van der Waals surface area contributed by atoms with Crippen molar-refractivity contribution in [1.29, 1.82) is 0 Å². The summed E-state index contributed by atoms with van der Waals surface area (Å²) < 4.78 is 26.2. The van der Waals surface area contributed by atoms with Crippen LogP contribution in [0.4, 0.5) is 13.6 Å². The molecule has 1 fully saturated rings. The largest absolute Gasteiger partial charge is 0.335 e. The van der Waals surface area contributed by atoms with Gasteiger partial charge in [-0.1, -0.05) is 0 Å². The first-order chi connectivity index (χ1) is 9.04. The molecule has 1 saturated carbocycles. The minimum Gasteiger partial charge on any atom is -0.335 e. The van der Waals surface area contributed by atoms with Crippen LogP contribution in [0.5, 0.6) is 0 Å². The molecule has 19 heavy (non-hydrogen) atoms. The third-order valence-corrected chi connectivity index (χ3v) is 3.45. The summed E-state index contributed by atoms with van der Waals surface area (Å²) in [5.41, 5.74) is 0. The van der Waals surface area contributed by atoms with Crippen molar-refractivity contribution in [1.82, 2.24) is 10.6 Å². The van der Waals surface area contributed by atoms with E-state index in [9.17, 15) is 18.4 Å². The SMILES string of the molecule is O=C(CSc1cc(F)ccc1F)NC(=O)NC1CC1. The first-order valence-corrected chi connectivity index (χ1v) is 6.71. The fourth-order valence-corrected chi connectivity index (χ4v) is 2.10. The molecule has 0 spiro atoms. The van der Waals surface area contributed by atoms with E-state index in [2.05, 4.69) is 10.6 Å². The molecule has 4 nitrogen and oxygen atoms in total. The van der Waals surface area contributed by atoms with Crippen molar-refractivity contribution in [2.24, 2.45) is 0 Å². The summed E-state index contributed by atoms with van der Waals surface area (Å²) >= 11 is 0.839. The summed E-state index contributed by atoms with van der Waals surface area (Å²) in [5, 5.41) is 4.72. The minimum atomic E-state index is -0.596. The van der Waals surface area contributed by atoms with Gasteiger partial charge in [-0.25, -0.2) is 13.6 Å². The Labute approximate surface area is 112 Å². The second-order valence-electron chi connectivity index (χ2n) is 4.16. The first kappa shape index (κ1) is 13.8. The molecule has 0 aromatic heterocycles. The fraction of sp³-hybridized carbons (Fsp3) is 0.333. The maximum absolute atomic E-state index is 13.3. The van der Waals surface area contributed by atoms with E-state index >= 15 is 0 Å². The van der Waals surface area contributed by atoms with Gasteiger partial charge in [-0.2, -0.15) is 0 Å². The molecule has 2 N–H and O–H groups in total. The van der Waals surface area contributed by atoms with Crippen LogP contribution in [0.3, 0.4) is 0 Å². The van der Waals surface area contributed by atoms with Crippen LogP contribution >= 0.6 is 11.8 Å². The topological polar surface area (TPSA) is 58.2 Å². The zero-order chi connectivity index (χ0) is 13.8. The van der Waals surface area contributed by atoms with Crippen LogP contribution in [0, 0.1) is 11.6 Å². The quantitative estimate of drug-likeness (QED) is 0.833. The number of imide groups is 1.